The SMILES string of the molecule is Cc1ccc(OCC(=O)NN2C(=O)N[C@@](C)(c3ccccc3)C2=O)c(C)c1. The Labute approximate surface area is 157 Å². The molecule has 1 atom stereocenters. The van der Waals surface area contributed by atoms with Crippen LogP contribution >= 0.6 is 0 Å². The molecule has 1 aliphatic heterocycles. The van der Waals surface area contributed by atoms with Crippen LogP contribution in [0.1, 0.15) is 23.6 Å². The van der Waals surface area contributed by atoms with Gasteiger partial charge in [0.2, 0.25) is 0 Å². The number of carbonyl (C=O) groups excluding carboxylic acids is 3. The highest BCUT2D eigenvalue weighted by atomic mass is 16.5. The normalized spacial score (nSPS) is 19.0. The second-order valence-corrected chi connectivity index (χ2v) is 6.65. The zero-order valence-corrected chi connectivity index (χ0v) is 15.4. The molecule has 0 radical (unpaired) electrons. The van der Waals surface area contributed by atoms with Gasteiger partial charge in [-0.05, 0) is 38.0 Å². The molecule has 4 amide bonds. The van der Waals surface area contributed by atoms with Crippen LogP contribution in [0.15, 0.2) is 48.5 Å². The molecule has 140 valence electrons. The van der Waals surface area contributed by atoms with Crippen molar-refractivity contribution in [1.29, 1.82) is 0 Å². The van der Waals surface area contributed by atoms with Gasteiger partial charge in [0, 0.05) is 0 Å². The van der Waals surface area contributed by atoms with E-state index in [1.54, 1.807) is 37.3 Å². The molecule has 2 aromatic carbocycles. The molecule has 0 unspecified atom stereocenters. The number of hydrogen-bond acceptors (Lipinski definition) is 4. The molecule has 1 saturated heterocycles. The van der Waals surface area contributed by atoms with Crippen molar-refractivity contribution >= 4 is 17.8 Å². The van der Waals surface area contributed by atoms with Crippen molar-refractivity contribution in [1.82, 2.24) is 15.8 Å². The number of ether oxygens (including phenoxy) is 1. The summed E-state index contributed by atoms with van der Waals surface area (Å²) >= 11 is 0. The van der Waals surface area contributed by atoms with E-state index in [9.17, 15) is 14.4 Å². The molecule has 0 aliphatic carbocycles. The molecular formula is C20H21N3O4. The third-order valence-electron chi connectivity index (χ3n) is 4.47. The Morgan fingerprint density at radius 1 is 1.15 bits per heavy atom. The maximum atomic E-state index is 12.7. The van der Waals surface area contributed by atoms with Gasteiger partial charge in [-0.3, -0.25) is 15.0 Å². The number of aryl methyl sites for hydroxylation is 2. The number of amides is 4. The second-order valence-electron chi connectivity index (χ2n) is 6.65. The number of nitrogens with one attached hydrogen (secondary N) is 2. The van der Waals surface area contributed by atoms with Crippen molar-refractivity contribution in [2.45, 2.75) is 26.3 Å². The van der Waals surface area contributed by atoms with Crippen LogP contribution in [0.2, 0.25) is 0 Å². The first-order valence-electron chi connectivity index (χ1n) is 8.53. The molecule has 7 nitrogen and oxygen atoms in total. The zero-order valence-electron chi connectivity index (χ0n) is 15.4. The van der Waals surface area contributed by atoms with Gasteiger partial charge in [-0.2, -0.15) is 5.01 Å². The van der Waals surface area contributed by atoms with Crippen molar-refractivity contribution in [3.63, 3.8) is 0 Å². The van der Waals surface area contributed by atoms with E-state index in [4.69, 9.17) is 4.74 Å². The minimum absolute atomic E-state index is 0.316. The lowest BCUT2D eigenvalue weighted by molar-refractivity contribution is -0.139. The summed E-state index contributed by atoms with van der Waals surface area (Å²) in [7, 11) is 0. The van der Waals surface area contributed by atoms with Crippen LogP contribution in [0.3, 0.4) is 0 Å². The van der Waals surface area contributed by atoms with E-state index in [1.807, 2.05) is 32.0 Å². The Bertz CT molecular complexity index is 897. The monoisotopic (exact) mass is 367 g/mol. The Balaban J connectivity index is 1.66. The van der Waals surface area contributed by atoms with Crippen LogP contribution < -0.4 is 15.5 Å². The fraction of sp³-hybridized carbons (Fsp3) is 0.250. The van der Waals surface area contributed by atoms with Gasteiger partial charge in [-0.15, -0.1) is 0 Å². The fourth-order valence-electron chi connectivity index (χ4n) is 2.97. The van der Waals surface area contributed by atoms with Crippen LogP contribution in [-0.4, -0.2) is 29.5 Å². The van der Waals surface area contributed by atoms with E-state index in [0.717, 1.165) is 11.1 Å². The van der Waals surface area contributed by atoms with E-state index >= 15 is 0 Å². The predicted octanol–water partition coefficient (Wildman–Crippen LogP) is 2.18. The number of hydrogen-bond donors (Lipinski definition) is 2. The largest absolute Gasteiger partial charge is 0.483 e. The van der Waals surface area contributed by atoms with Crippen LogP contribution in [-0.2, 0) is 15.1 Å². The summed E-state index contributed by atoms with van der Waals surface area (Å²) < 4.78 is 5.49. The van der Waals surface area contributed by atoms with Crippen LogP contribution in [0, 0.1) is 13.8 Å². The summed E-state index contributed by atoms with van der Waals surface area (Å²) in [6.45, 7) is 5.12. The summed E-state index contributed by atoms with van der Waals surface area (Å²) in [4.78, 5) is 37.1. The fourth-order valence-corrected chi connectivity index (χ4v) is 2.97. The molecule has 0 spiro atoms. The first-order valence-corrected chi connectivity index (χ1v) is 8.53. The average molecular weight is 367 g/mol. The van der Waals surface area contributed by atoms with E-state index in [1.165, 1.54) is 0 Å². The number of hydrazine groups is 1. The van der Waals surface area contributed by atoms with Gasteiger partial charge in [0.05, 0.1) is 0 Å². The topological polar surface area (TPSA) is 87.7 Å². The standard InChI is InChI=1S/C20H21N3O4/c1-13-9-10-16(14(2)11-13)27-12-17(24)22-23-18(25)20(3,21-19(23)26)15-7-5-4-6-8-15/h4-11H,12H2,1-3H3,(H,21,26)(H,22,24)/t20-/m0/s1. The summed E-state index contributed by atoms with van der Waals surface area (Å²) in [6.07, 6.45) is 0. The number of carbonyl (C=O) groups is 3. The minimum Gasteiger partial charge on any atom is -0.483 e. The Morgan fingerprint density at radius 3 is 2.52 bits per heavy atom. The molecule has 7 heteroatoms. The summed E-state index contributed by atoms with van der Waals surface area (Å²) in [5.74, 6) is -0.587. The van der Waals surface area contributed by atoms with Gasteiger partial charge in [0.15, 0.2) is 6.61 Å². The predicted molar refractivity (Wildman–Crippen MR) is 98.7 cm³/mol. The van der Waals surface area contributed by atoms with Gasteiger partial charge in [-0.25, -0.2) is 4.79 Å². The van der Waals surface area contributed by atoms with Crippen molar-refractivity contribution in [2.75, 3.05) is 6.61 Å². The maximum Gasteiger partial charge on any atom is 0.344 e. The third-order valence-corrected chi connectivity index (χ3v) is 4.47. The lowest BCUT2D eigenvalue weighted by atomic mass is 9.92. The van der Waals surface area contributed by atoms with E-state index in [0.29, 0.717) is 16.3 Å². The van der Waals surface area contributed by atoms with E-state index < -0.39 is 23.4 Å². The first-order chi connectivity index (χ1) is 12.8. The molecule has 1 heterocycles. The average Bonchev–Trinajstić information content (AvgIpc) is 2.86. The molecule has 1 aliphatic rings. The zero-order chi connectivity index (χ0) is 19.6. The van der Waals surface area contributed by atoms with Gasteiger partial charge in [0.25, 0.3) is 11.8 Å². The molecule has 2 N–H and O–H groups in total. The van der Waals surface area contributed by atoms with Gasteiger partial charge in [0.1, 0.15) is 11.3 Å². The maximum absolute atomic E-state index is 12.7. The smallest absolute Gasteiger partial charge is 0.344 e. The van der Waals surface area contributed by atoms with Crippen LogP contribution in [0.25, 0.3) is 0 Å². The van der Waals surface area contributed by atoms with Crippen LogP contribution in [0.5, 0.6) is 5.75 Å². The minimum atomic E-state index is -1.24. The van der Waals surface area contributed by atoms with Crippen molar-refractivity contribution in [3.8, 4) is 5.75 Å². The van der Waals surface area contributed by atoms with Crippen molar-refractivity contribution < 1.29 is 19.1 Å². The third kappa shape index (κ3) is 3.62. The highest BCUT2D eigenvalue weighted by Gasteiger charge is 2.49. The molecule has 27 heavy (non-hydrogen) atoms. The van der Waals surface area contributed by atoms with Gasteiger partial charge < -0.3 is 10.1 Å². The summed E-state index contributed by atoms with van der Waals surface area (Å²) in [5, 5.41) is 3.32. The molecule has 0 saturated carbocycles. The summed E-state index contributed by atoms with van der Waals surface area (Å²) in [6, 6.07) is 13.8. The number of rotatable bonds is 5. The first kappa shape index (κ1) is 18.4. The van der Waals surface area contributed by atoms with Crippen molar-refractivity contribution in [3.05, 3.63) is 65.2 Å². The number of imide groups is 1. The lowest BCUT2D eigenvalue weighted by Crippen LogP contribution is -2.49. The number of urea groups is 1. The number of nitrogens with zero attached hydrogens (tertiary/aromatic N) is 1. The van der Waals surface area contributed by atoms with Crippen molar-refractivity contribution in [2.24, 2.45) is 0 Å². The Morgan fingerprint density at radius 2 is 1.85 bits per heavy atom. The highest BCUT2D eigenvalue weighted by Crippen LogP contribution is 2.27. The lowest BCUT2D eigenvalue weighted by Gasteiger charge is -2.22. The molecule has 2 aromatic rings. The molecule has 3 rings (SSSR count). The quantitative estimate of drug-likeness (QED) is 0.793. The van der Waals surface area contributed by atoms with Gasteiger partial charge >= 0.3 is 6.03 Å². The summed E-state index contributed by atoms with van der Waals surface area (Å²) in [5.41, 5.74) is 3.69. The Kier molecular flexibility index (Phi) is 4.85. The van der Waals surface area contributed by atoms with E-state index in [-0.39, 0.29) is 6.61 Å². The second kappa shape index (κ2) is 7.11. The van der Waals surface area contributed by atoms with Gasteiger partial charge in [-0.1, -0.05) is 48.0 Å². The molecule has 0 aromatic heterocycles. The molecular weight excluding hydrogens is 346 g/mol. The highest BCUT2D eigenvalue weighted by molar-refractivity contribution is 6.08. The Hall–Kier alpha value is -3.35. The molecule has 0 bridgehead atoms. The van der Waals surface area contributed by atoms with Crippen LogP contribution in [0.4, 0.5) is 4.79 Å². The van der Waals surface area contributed by atoms with E-state index in [2.05, 4.69) is 10.7 Å². The number of benzene rings is 2. The molecule has 1 fully saturated rings.